The lowest BCUT2D eigenvalue weighted by molar-refractivity contribution is 0.254. The molecule has 2 unspecified atom stereocenters. The summed E-state index contributed by atoms with van der Waals surface area (Å²) in [5, 5.41) is 3.66. The maximum absolute atomic E-state index is 12.4. The number of ether oxygens (including phenoxy) is 1. The van der Waals surface area contributed by atoms with E-state index in [1.165, 1.54) is 15.4 Å². The summed E-state index contributed by atoms with van der Waals surface area (Å²) in [4.78, 5) is 0. The maximum atomic E-state index is 12.4. The molecule has 0 saturated carbocycles. The first kappa shape index (κ1) is 25.4. The van der Waals surface area contributed by atoms with E-state index in [1.807, 2.05) is 0 Å². The van der Waals surface area contributed by atoms with Crippen LogP contribution >= 0.6 is 0 Å². The van der Waals surface area contributed by atoms with Crippen molar-refractivity contribution in [3.63, 3.8) is 0 Å². The quantitative estimate of drug-likeness (QED) is 0.489. The molecule has 0 aromatic heterocycles. The van der Waals surface area contributed by atoms with Crippen LogP contribution in [0.1, 0.15) is 37.8 Å². The summed E-state index contributed by atoms with van der Waals surface area (Å²) in [6, 6.07) is 6.88. The Bertz CT molecular complexity index is 973. The fourth-order valence-corrected chi connectivity index (χ4v) is 6.33. The summed E-state index contributed by atoms with van der Waals surface area (Å²) in [5.41, 5.74) is 2.66. The lowest BCUT2D eigenvalue weighted by Crippen LogP contribution is -2.44. The highest BCUT2D eigenvalue weighted by molar-refractivity contribution is 7.89. The Balaban J connectivity index is 1.38. The predicted octanol–water partition coefficient (Wildman–Crippen LogP) is 1.37. The van der Waals surface area contributed by atoms with Gasteiger partial charge in [-0.1, -0.05) is 19.1 Å². The molecule has 3 rings (SSSR count). The molecule has 1 aromatic rings. The Morgan fingerprint density at radius 3 is 2.56 bits per heavy atom. The SMILES string of the molecule is CC(Cc1ccc2c(c1)CCO2)C(C)NCC1CCN(S(=O)(=O)CCNS(C)(=O)=O)CC1. The van der Waals surface area contributed by atoms with Crippen LogP contribution in [0.2, 0.25) is 0 Å². The predicted molar refractivity (Wildman–Crippen MR) is 127 cm³/mol. The van der Waals surface area contributed by atoms with Crippen molar-refractivity contribution in [1.29, 1.82) is 0 Å². The van der Waals surface area contributed by atoms with Crippen LogP contribution in [-0.2, 0) is 32.9 Å². The Morgan fingerprint density at radius 1 is 1.16 bits per heavy atom. The van der Waals surface area contributed by atoms with Gasteiger partial charge >= 0.3 is 0 Å². The van der Waals surface area contributed by atoms with E-state index >= 15 is 0 Å². The Labute approximate surface area is 193 Å². The van der Waals surface area contributed by atoms with Crippen molar-refractivity contribution in [3.05, 3.63) is 29.3 Å². The number of piperidine rings is 1. The smallest absolute Gasteiger partial charge is 0.215 e. The van der Waals surface area contributed by atoms with E-state index in [2.05, 4.69) is 42.1 Å². The highest BCUT2D eigenvalue weighted by Gasteiger charge is 2.28. The lowest BCUT2D eigenvalue weighted by Gasteiger charge is -2.32. The number of benzene rings is 1. The van der Waals surface area contributed by atoms with E-state index in [9.17, 15) is 16.8 Å². The summed E-state index contributed by atoms with van der Waals surface area (Å²) in [7, 11) is -6.81. The van der Waals surface area contributed by atoms with Crippen LogP contribution in [0.3, 0.4) is 0 Å². The van der Waals surface area contributed by atoms with Crippen LogP contribution in [-0.4, -0.2) is 72.0 Å². The van der Waals surface area contributed by atoms with Crippen molar-refractivity contribution in [1.82, 2.24) is 14.3 Å². The minimum absolute atomic E-state index is 0.0880. The van der Waals surface area contributed by atoms with Crippen LogP contribution in [0, 0.1) is 11.8 Å². The van der Waals surface area contributed by atoms with Gasteiger partial charge in [-0.25, -0.2) is 25.9 Å². The maximum Gasteiger partial charge on any atom is 0.215 e. The summed E-state index contributed by atoms with van der Waals surface area (Å²) in [6.45, 7) is 7.05. The Hall–Kier alpha value is -1.20. The first-order valence-electron chi connectivity index (χ1n) is 11.4. The van der Waals surface area contributed by atoms with Gasteiger partial charge in [0.2, 0.25) is 20.0 Å². The fraction of sp³-hybridized carbons (Fsp3) is 0.727. The van der Waals surface area contributed by atoms with Gasteiger partial charge in [-0.2, -0.15) is 0 Å². The molecule has 182 valence electrons. The van der Waals surface area contributed by atoms with Crippen LogP contribution in [0.5, 0.6) is 5.75 Å². The van der Waals surface area contributed by atoms with Crippen LogP contribution < -0.4 is 14.8 Å². The highest BCUT2D eigenvalue weighted by Crippen LogP contribution is 2.27. The zero-order chi connectivity index (χ0) is 23.4. The molecule has 2 heterocycles. The third-order valence-electron chi connectivity index (χ3n) is 6.58. The van der Waals surface area contributed by atoms with Crippen LogP contribution in [0.25, 0.3) is 0 Å². The van der Waals surface area contributed by atoms with Crippen molar-refractivity contribution < 1.29 is 21.6 Å². The molecule has 0 radical (unpaired) electrons. The number of rotatable bonds is 11. The van der Waals surface area contributed by atoms with Crippen molar-refractivity contribution in [3.8, 4) is 5.75 Å². The Kier molecular flexibility index (Phi) is 8.59. The molecule has 1 aromatic carbocycles. The van der Waals surface area contributed by atoms with Crippen molar-refractivity contribution in [2.75, 3.05) is 44.8 Å². The van der Waals surface area contributed by atoms with Gasteiger partial charge in [0.1, 0.15) is 5.75 Å². The molecule has 2 N–H and O–H groups in total. The van der Waals surface area contributed by atoms with Gasteiger partial charge in [0.05, 0.1) is 18.6 Å². The normalized spacial score (nSPS) is 20.0. The van der Waals surface area contributed by atoms with Crippen molar-refractivity contribution >= 4 is 20.0 Å². The van der Waals surface area contributed by atoms with Crippen molar-refractivity contribution in [2.24, 2.45) is 11.8 Å². The molecular formula is C22H37N3O5S2. The van der Waals surface area contributed by atoms with Crippen LogP contribution in [0.15, 0.2) is 18.2 Å². The molecule has 1 fully saturated rings. The lowest BCUT2D eigenvalue weighted by atomic mass is 9.92. The monoisotopic (exact) mass is 487 g/mol. The van der Waals surface area contributed by atoms with E-state index in [1.54, 1.807) is 0 Å². The molecule has 0 aliphatic carbocycles. The Morgan fingerprint density at radius 2 is 1.88 bits per heavy atom. The number of hydrogen-bond donors (Lipinski definition) is 2. The minimum Gasteiger partial charge on any atom is -0.493 e. The second kappa shape index (κ2) is 10.8. The average molecular weight is 488 g/mol. The topological polar surface area (TPSA) is 105 Å². The largest absolute Gasteiger partial charge is 0.493 e. The molecule has 2 aliphatic rings. The summed E-state index contributed by atoms with van der Waals surface area (Å²) in [6.07, 6.45) is 4.67. The average Bonchev–Trinajstić information content (AvgIpc) is 3.19. The molecule has 1 saturated heterocycles. The summed E-state index contributed by atoms with van der Waals surface area (Å²) < 4.78 is 56.5. The molecule has 0 bridgehead atoms. The minimum atomic E-state index is -3.44. The fourth-order valence-electron chi connectivity index (χ4n) is 4.35. The van der Waals surface area contributed by atoms with Crippen molar-refractivity contribution in [2.45, 2.75) is 45.6 Å². The van der Waals surface area contributed by atoms with Gasteiger partial charge in [-0.05, 0) is 61.8 Å². The molecule has 10 heteroatoms. The molecule has 8 nitrogen and oxygen atoms in total. The van der Waals surface area contributed by atoms with Gasteiger partial charge in [0.25, 0.3) is 0 Å². The number of hydrogen-bond acceptors (Lipinski definition) is 6. The summed E-state index contributed by atoms with van der Waals surface area (Å²) >= 11 is 0. The van der Waals surface area contributed by atoms with Gasteiger partial charge in [0.15, 0.2) is 0 Å². The van der Waals surface area contributed by atoms with Crippen LogP contribution in [0.4, 0.5) is 0 Å². The second-order valence-corrected chi connectivity index (χ2v) is 13.2. The molecule has 32 heavy (non-hydrogen) atoms. The molecule has 2 atom stereocenters. The van der Waals surface area contributed by atoms with E-state index in [-0.39, 0.29) is 12.3 Å². The molecule has 2 aliphatic heterocycles. The number of fused-ring (bicyclic) bond motifs is 1. The molecule has 0 amide bonds. The van der Waals surface area contributed by atoms with Gasteiger partial charge in [0, 0.05) is 32.1 Å². The number of nitrogens with one attached hydrogen (secondary N) is 2. The van der Waals surface area contributed by atoms with E-state index in [0.717, 1.165) is 50.8 Å². The third-order valence-corrected chi connectivity index (χ3v) is 9.19. The summed E-state index contributed by atoms with van der Waals surface area (Å²) in [5.74, 6) is 1.75. The molecular weight excluding hydrogens is 450 g/mol. The van der Waals surface area contributed by atoms with E-state index in [4.69, 9.17) is 4.74 Å². The third kappa shape index (κ3) is 7.41. The first-order chi connectivity index (χ1) is 15.0. The molecule has 0 spiro atoms. The van der Waals surface area contributed by atoms with E-state index < -0.39 is 20.0 Å². The highest BCUT2D eigenvalue weighted by atomic mass is 32.2. The van der Waals surface area contributed by atoms with Gasteiger partial charge in [-0.15, -0.1) is 0 Å². The van der Waals surface area contributed by atoms with E-state index in [0.29, 0.717) is 31.0 Å². The van der Waals surface area contributed by atoms with Gasteiger partial charge < -0.3 is 10.1 Å². The zero-order valence-electron chi connectivity index (χ0n) is 19.3. The standard InChI is InChI=1S/C22H37N3O5S2/c1-17(14-20-4-5-22-21(15-20)8-12-30-22)18(2)23-16-19-6-10-25(11-7-19)32(28,29)13-9-24-31(3,26)27/h4-5,15,17-19,23-24H,6-14,16H2,1-3H3. The van der Waals surface area contributed by atoms with Gasteiger partial charge in [-0.3, -0.25) is 0 Å². The number of sulfonamides is 2. The second-order valence-electron chi connectivity index (χ2n) is 9.24. The number of nitrogens with zero attached hydrogens (tertiary/aromatic N) is 1. The zero-order valence-corrected chi connectivity index (χ0v) is 21.0. The first-order valence-corrected chi connectivity index (χ1v) is 14.9.